The predicted molar refractivity (Wildman–Crippen MR) is 339 cm³/mol. The topological polar surface area (TPSA) is 134 Å². The molecule has 0 spiro atoms. The van der Waals surface area contributed by atoms with Gasteiger partial charge in [-0.25, -0.2) is 4.57 Å². The lowest BCUT2D eigenvalue weighted by Crippen LogP contribution is -2.29. The fourth-order valence-corrected chi connectivity index (χ4v) is 9.13. The zero-order valence-corrected chi connectivity index (χ0v) is 51.2. The summed E-state index contributed by atoms with van der Waals surface area (Å²) >= 11 is 0. The molecule has 9 nitrogen and oxygen atoms in total. The number of phosphoric ester groups is 1. The van der Waals surface area contributed by atoms with Gasteiger partial charge in [-0.05, 0) is 116 Å². The van der Waals surface area contributed by atoms with Crippen LogP contribution in [0.4, 0.5) is 0 Å². The highest BCUT2D eigenvalue weighted by molar-refractivity contribution is 7.47. The summed E-state index contributed by atoms with van der Waals surface area (Å²) in [5.41, 5.74) is 5.39. The monoisotopic (exact) mass is 1120 g/mol. The standard InChI is InChI=1S/C69H116NO8P/c1-3-5-7-9-11-13-15-17-19-21-23-25-27-29-30-31-32-33-34-35-36-38-40-42-44-46-48-50-52-54-56-58-60-62-69(72)78-67(66-77-79(73,74)76-64-63-70)65-75-68(71)61-59-57-55-53-51-49-47-45-43-41-39-37-28-26-24-22-20-18-16-14-12-10-8-6-4-2/h5,7,11,13,16-19,22-25,28-30,32-33,35-37,40,42,67H,3-4,6,8-10,12,14-15,20-21,26-27,31,34,38-39,41,43-66,70H2,1-2H3,(H,73,74)/b7-5-,13-11-,18-16-,19-17-,24-22-,25-23-,30-29-,33-32-,36-35-,37-28-,42-40-. The van der Waals surface area contributed by atoms with Gasteiger partial charge in [-0.1, -0.05) is 263 Å². The molecule has 79 heavy (non-hydrogen) atoms. The molecule has 0 aliphatic rings. The highest BCUT2D eigenvalue weighted by atomic mass is 31.2. The maximum Gasteiger partial charge on any atom is 0.472 e. The number of hydrogen-bond acceptors (Lipinski definition) is 8. The van der Waals surface area contributed by atoms with Gasteiger partial charge in [0.05, 0.1) is 13.2 Å². The minimum atomic E-state index is -4.40. The second kappa shape index (κ2) is 63.3. The van der Waals surface area contributed by atoms with Gasteiger partial charge in [0, 0.05) is 19.4 Å². The molecule has 0 aromatic carbocycles. The van der Waals surface area contributed by atoms with Crippen LogP contribution in [0.5, 0.6) is 0 Å². The molecule has 2 atom stereocenters. The van der Waals surface area contributed by atoms with Crippen molar-refractivity contribution in [3.05, 3.63) is 134 Å². The van der Waals surface area contributed by atoms with Gasteiger partial charge < -0.3 is 20.1 Å². The molecule has 0 heterocycles. The van der Waals surface area contributed by atoms with Crippen molar-refractivity contribution < 1.29 is 37.6 Å². The quantitative estimate of drug-likeness (QED) is 0.0264. The van der Waals surface area contributed by atoms with E-state index in [0.717, 1.165) is 122 Å². The highest BCUT2D eigenvalue weighted by Gasteiger charge is 2.26. The van der Waals surface area contributed by atoms with Gasteiger partial charge in [-0.2, -0.15) is 0 Å². The molecule has 0 aromatic rings. The molecule has 3 N–H and O–H groups in total. The fraction of sp³-hybridized carbons (Fsp3) is 0.652. The summed E-state index contributed by atoms with van der Waals surface area (Å²) in [6.45, 7) is 3.60. The van der Waals surface area contributed by atoms with Crippen LogP contribution >= 0.6 is 7.82 Å². The number of carbonyl (C=O) groups excluding carboxylic acids is 2. The average molecular weight is 1120 g/mol. The van der Waals surface area contributed by atoms with Gasteiger partial charge in [0.15, 0.2) is 6.10 Å². The van der Waals surface area contributed by atoms with E-state index >= 15 is 0 Å². The van der Waals surface area contributed by atoms with Crippen LogP contribution in [-0.4, -0.2) is 49.3 Å². The zero-order chi connectivity index (χ0) is 57.3. The van der Waals surface area contributed by atoms with Crippen molar-refractivity contribution in [2.24, 2.45) is 5.73 Å². The summed E-state index contributed by atoms with van der Waals surface area (Å²) in [6.07, 6.45) is 89.4. The van der Waals surface area contributed by atoms with Crippen molar-refractivity contribution in [3.63, 3.8) is 0 Å². The first-order valence-electron chi connectivity index (χ1n) is 31.7. The molecule has 0 radical (unpaired) electrons. The van der Waals surface area contributed by atoms with Gasteiger partial charge in [-0.15, -0.1) is 0 Å². The van der Waals surface area contributed by atoms with E-state index in [-0.39, 0.29) is 32.6 Å². The molecular formula is C69H116NO8P. The lowest BCUT2D eigenvalue weighted by molar-refractivity contribution is -0.161. The number of allylic oxidation sites excluding steroid dienone is 22. The van der Waals surface area contributed by atoms with Crippen molar-refractivity contribution in [2.75, 3.05) is 26.4 Å². The Morgan fingerprint density at radius 3 is 1.04 bits per heavy atom. The molecule has 0 rings (SSSR count). The van der Waals surface area contributed by atoms with E-state index in [1.54, 1.807) is 0 Å². The summed E-state index contributed by atoms with van der Waals surface area (Å²) in [6, 6.07) is 0. The van der Waals surface area contributed by atoms with Crippen molar-refractivity contribution in [3.8, 4) is 0 Å². The van der Waals surface area contributed by atoms with Crippen LogP contribution in [0.2, 0.25) is 0 Å². The first kappa shape index (κ1) is 75.2. The molecule has 10 heteroatoms. The Morgan fingerprint density at radius 2 is 0.696 bits per heavy atom. The molecule has 0 saturated carbocycles. The molecule has 0 aromatic heterocycles. The second-order valence-corrected chi connectivity index (χ2v) is 22.0. The fourth-order valence-electron chi connectivity index (χ4n) is 8.36. The van der Waals surface area contributed by atoms with E-state index in [2.05, 4.69) is 148 Å². The molecule has 0 fully saturated rings. The van der Waals surface area contributed by atoms with Gasteiger partial charge >= 0.3 is 19.8 Å². The van der Waals surface area contributed by atoms with Crippen molar-refractivity contribution in [1.82, 2.24) is 0 Å². The highest BCUT2D eigenvalue weighted by Crippen LogP contribution is 2.43. The second-order valence-electron chi connectivity index (χ2n) is 20.5. The smallest absolute Gasteiger partial charge is 0.462 e. The number of rotatable bonds is 58. The maximum absolute atomic E-state index is 12.7. The van der Waals surface area contributed by atoms with Crippen LogP contribution in [0.25, 0.3) is 0 Å². The van der Waals surface area contributed by atoms with Gasteiger partial charge in [0.2, 0.25) is 0 Å². The summed E-state index contributed by atoms with van der Waals surface area (Å²) < 4.78 is 33.1. The molecule has 450 valence electrons. The first-order valence-corrected chi connectivity index (χ1v) is 33.2. The van der Waals surface area contributed by atoms with E-state index in [9.17, 15) is 19.0 Å². The molecular weight excluding hydrogens is 1000 g/mol. The Kier molecular flexibility index (Phi) is 60.2. The third kappa shape index (κ3) is 63.2. The molecule has 0 saturated heterocycles. The van der Waals surface area contributed by atoms with Crippen LogP contribution in [0.1, 0.15) is 258 Å². The number of unbranched alkanes of at least 4 members (excludes halogenated alkanes) is 23. The lowest BCUT2D eigenvalue weighted by atomic mass is 10.1. The lowest BCUT2D eigenvalue weighted by Gasteiger charge is -2.19. The number of esters is 2. The normalized spacial score (nSPS) is 13.9. The van der Waals surface area contributed by atoms with E-state index in [0.29, 0.717) is 6.42 Å². The summed E-state index contributed by atoms with van der Waals surface area (Å²) in [4.78, 5) is 35.3. The molecule has 0 aliphatic heterocycles. The van der Waals surface area contributed by atoms with Crippen LogP contribution in [-0.2, 0) is 32.7 Å². The Labute approximate surface area is 484 Å². The number of phosphoric acid groups is 1. The van der Waals surface area contributed by atoms with E-state index < -0.39 is 32.5 Å². The zero-order valence-electron chi connectivity index (χ0n) is 50.3. The van der Waals surface area contributed by atoms with Crippen LogP contribution in [0.3, 0.4) is 0 Å². The number of hydrogen-bond donors (Lipinski definition) is 2. The predicted octanol–water partition coefficient (Wildman–Crippen LogP) is 20.5. The minimum absolute atomic E-state index is 0.0447. The first-order chi connectivity index (χ1) is 38.8. The van der Waals surface area contributed by atoms with Gasteiger partial charge in [0.1, 0.15) is 6.61 Å². The maximum atomic E-state index is 12.7. The van der Waals surface area contributed by atoms with E-state index in [4.69, 9.17) is 24.3 Å². The summed E-state index contributed by atoms with van der Waals surface area (Å²) in [7, 11) is -4.40. The molecule has 0 amide bonds. The van der Waals surface area contributed by atoms with Gasteiger partial charge in [0.25, 0.3) is 0 Å². The Balaban J connectivity index is 4.02. The third-order valence-corrected chi connectivity index (χ3v) is 14.0. The van der Waals surface area contributed by atoms with E-state index in [1.165, 1.54) is 103 Å². The summed E-state index contributed by atoms with van der Waals surface area (Å²) in [5.74, 6) is -0.847. The SMILES string of the molecule is CC/C=C\C/C=C\C/C=C\C/C=C\C/C=C\C/C=C\C/C=C\C/C=C\CCCCCCCCCCC(=O)OC(COC(=O)CCCCCCCCCCCC/C=C\C/C=C\C/C=C\CCCCCCC)COP(=O)(O)OCCN. The molecule has 0 aliphatic carbocycles. The van der Waals surface area contributed by atoms with E-state index in [1.807, 2.05) is 0 Å². The molecule has 0 bridgehead atoms. The van der Waals surface area contributed by atoms with Crippen LogP contribution in [0.15, 0.2) is 134 Å². The average Bonchev–Trinajstić information content (AvgIpc) is 3.44. The third-order valence-electron chi connectivity index (χ3n) is 13.0. The minimum Gasteiger partial charge on any atom is -0.462 e. The number of ether oxygens (including phenoxy) is 2. The Bertz CT molecular complexity index is 1750. The molecule has 2 unspecified atom stereocenters. The summed E-state index contributed by atoms with van der Waals surface area (Å²) in [5, 5.41) is 0. The number of carbonyl (C=O) groups is 2. The van der Waals surface area contributed by atoms with Crippen molar-refractivity contribution in [2.45, 2.75) is 264 Å². The van der Waals surface area contributed by atoms with Crippen molar-refractivity contribution >= 4 is 19.8 Å². The Morgan fingerprint density at radius 1 is 0.392 bits per heavy atom. The van der Waals surface area contributed by atoms with Crippen LogP contribution in [0, 0.1) is 0 Å². The van der Waals surface area contributed by atoms with Crippen LogP contribution < -0.4 is 5.73 Å². The van der Waals surface area contributed by atoms with Crippen molar-refractivity contribution in [1.29, 1.82) is 0 Å². The van der Waals surface area contributed by atoms with Gasteiger partial charge in [-0.3, -0.25) is 18.6 Å². The number of nitrogens with two attached hydrogens (primary N) is 1. The largest absolute Gasteiger partial charge is 0.472 e. The Hall–Kier alpha value is -3.85.